The lowest BCUT2D eigenvalue weighted by Gasteiger charge is -2.35. The molecule has 0 aliphatic carbocycles. The van der Waals surface area contributed by atoms with Gasteiger partial charge in [-0.05, 0) is 61.5 Å². The van der Waals surface area contributed by atoms with Crippen LogP contribution in [0.2, 0.25) is 0 Å². The van der Waals surface area contributed by atoms with E-state index in [-0.39, 0.29) is 18.5 Å². The zero-order valence-corrected chi connectivity index (χ0v) is 21.5. The predicted molar refractivity (Wildman–Crippen MR) is 142 cm³/mol. The molecular weight excluding hydrogens is 513 g/mol. The first-order valence-electron chi connectivity index (χ1n) is 12.1. The molecule has 3 N–H and O–H groups in total. The lowest BCUT2D eigenvalue weighted by Crippen LogP contribution is -2.55. The second-order valence-corrected chi connectivity index (χ2v) is 9.78. The van der Waals surface area contributed by atoms with Gasteiger partial charge >= 0.3 is 6.18 Å². The summed E-state index contributed by atoms with van der Waals surface area (Å²) in [4.78, 5) is 33.7. The topological polar surface area (TPSA) is 87.8 Å². The summed E-state index contributed by atoms with van der Waals surface area (Å²) in [6.07, 6.45) is -3.30. The SMILES string of the molecule is CCN1C(=O)C(NC(=O)c2cccc(C(F)(F)F)c2)CC(=C(N)CCc2cccs2)C1=Nc1ccccc1. The Hall–Kier alpha value is -3.92. The van der Waals surface area contributed by atoms with Crippen LogP contribution in [0.1, 0.15) is 40.6 Å². The normalized spacial score (nSPS) is 18.5. The second kappa shape index (κ2) is 11.6. The number of hydrogen-bond acceptors (Lipinski definition) is 5. The Bertz CT molecular complexity index is 1350. The fourth-order valence-electron chi connectivity index (χ4n) is 4.23. The Morgan fingerprint density at radius 2 is 1.89 bits per heavy atom. The van der Waals surface area contributed by atoms with E-state index in [2.05, 4.69) is 5.32 Å². The average Bonchev–Trinajstić information content (AvgIpc) is 3.43. The Labute approximate surface area is 222 Å². The molecule has 1 atom stereocenters. The van der Waals surface area contributed by atoms with Gasteiger partial charge in [-0.25, -0.2) is 4.99 Å². The third-order valence-corrected chi connectivity index (χ3v) is 7.11. The minimum Gasteiger partial charge on any atom is -0.402 e. The first kappa shape index (κ1) is 27.1. The minimum absolute atomic E-state index is 0.0714. The highest BCUT2D eigenvalue weighted by Crippen LogP contribution is 2.30. The van der Waals surface area contributed by atoms with Crippen LogP contribution >= 0.6 is 11.3 Å². The highest BCUT2D eigenvalue weighted by atomic mass is 32.1. The number of aliphatic imine (C=N–C) groups is 1. The number of halogens is 3. The molecule has 0 saturated carbocycles. The predicted octanol–water partition coefficient (Wildman–Crippen LogP) is 5.69. The van der Waals surface area contributed by atoms with Gasteiger partial charge in [0.05, 0.1) is 11.3 Å². The molecular formula is C28H27F3N4O2S. The number of piperidine rings is 1. The lowest BCUT2D eigenvalue weighted by molar-refractivity contribution is -0.137. The number of aryl methyl sites for hydroxylation is 1. The maximum atomic E-state index is 13.5. The minimum atomic E-state index is -4.59. The van der Waals surface area contributed by atoms with Gasteiger partial charge in [0, 0.05) is 34.7 Å². The standard InChI is InChI=1S/C28H27F3N4O2S/c1-2-35-25(33-20-10-4-3-5-11-20)22(23(32)14-13-21-12-7-15-38-21)17-24(27(35)37)34-26(36)18-8-6-9-19(16-18)28(29,30)31/h3-12,15-16,24H,2,13-14,17,32H2,1H3,(H,34,36). The van der Waals surface area contributed by atoms with E-state index in [9.17, 15) is 22.8 Å². The number of allylic oxidation sites excluding steroid dienone is 1. The van der Waals surface area contributed by atoms with Gasteiger partial charge in [0.25, 0.3) is 11.8 Å². The van der Waals surface area contributed by atoms with Gasteiger partial charge in [-0.1, -0.05) is 30.3 Å². The average molecular weight is 541 g/mol. The van der Waals surface area contributed by atoms with Crippen LogP contribution in [0.25, 0.3) is 0 Å². The molecule has 2 heterocycles. The van der Waals surface area contributed by atoms with Gasteiger partial charge in [0.1, 0.15) is 11.9 Å². The van der Waals surface area contributed by atoms with E-state index in [1.807, 2.05) is 47.8 Å². The number of carbonyl (C=O) groups is 2. The molecule has 2 amide bonds. The Morgan fingerprint density at radius 1 is 1.13 bits per heavy atom. The summed E-state index contributed by atoms with van der Waals surface area (Å²) in [5, 5.41) is 4.61. The van der Waals surface area contributed by atoms with Gasteiger partial charge in [0.2, 0.25) is 0 Å². The first-order valence-corrected chi connectivity index (χ1v) is 13.0. The molecule has 198 valence electrons. The number of nitrogens with one attached hydrogen (secondary N) is 1. The maximum Gasteiger partial charge on any atom is 0.416 e. The highest BCUT2D eigenvalue weighted by Gasteiger charge is 2.38. The number of likely N-dealkylation sites (N-methyl/N-ethyl adjacent to an activating group) is 1. The highest BCUT2D eigenvalue weighted by molar-refractivity contribution is 7.09. The third kappa shape index (κ3) is 6.31. The molecule has 38 heavy (non-hydrogen) atoms. The van der Waals surface area contributed by atoms with Crippen molar-refractivity contribution in [1.82, 2.24) is 10.2 Å². The first-order chi connectivity index (χ1) is 18.2. The van der Waals surface area contributed by atoms with E-state index in [0.717, 1.165) is 23.1 Å². The van der Waals surface area contributed by atoms with Gasteiger partial charge in [0.15, 0.2) is 0 Å². The quantitative estimate of drug-likeness (QED) is 0.403. The molecule has 3 aromatic rings. The van der Waals surface area contributed by atoms with Crippen LogP contribution < -0.4 is 11.1 Å². The van der Waals surface area contributed by atoms with Crippen molar-refractivity contribution in [2.75, 3.05) is 6.54 Å². The molecule has 0 spiro atoms. The molecule has 0 radical (unpaired) electrons. The Balaban J connectivity index is 1.66. The van der Waals surface area contributed by atoms with Crippen LogP contribution in [-0.4, -0.2) is 35.1 Å². The number of rotatable bonds is 7. The summed E-state index contributed by atoms with van der Waals surface area (Å²) in [5.41, 5.74) is 7.26. The van der Waals surface area contributed by atoms with Crippen molar-refractivity contribution in [3.05, 3.63) is 99.4 Å². The summed E-state index contributed by atoms with van der Waals surface area (Å²) >= 11 is 1.62. The monoisotopic (exact) mass is 540 g/mol. The van der Waals surface area contributed by atoms with E-state index < -0.39 is 29.6 Å². The number of carbonyl (C=O) groups excluding carboxylic acids is 2. The maximum absolute atomic E-state index is 13.5. The number of nitrogens with zero attached hydrogens (tertiary/aromatic N) is 2. The molecule has 1 aliphatic rings. The van der Waals surface area contributed by atoms with E-state index >= 15 is 0 Å². The van der Waals surface area contributed by atoms with Crippen LogP contribution in [0, 0.1) is 0 Å². The van der Waals surface area contributed by atoms with Crippen LogP contribution in [0.5, 0.6) is 0 Å². The van der Waals surface area contributed by atoms with Crippen molar-refractivity contribution in [2.45, 2.75) is 38.4 Å². The van der Waals surface area contributed by atoms with Gasteiger partial charge < -0.3 is 11.1 Å². The molecule has 2 aromatic carbocycles. The number of thiophene rings is 1. The van der Waals surface area contributed by atoms with Crippen LogP contribution in [-0.2, 0) is 17.4 Å². The molecule has 1 fully saturated rings. The summed E-state index contributed by atoms with van der Waals surface area (Å²) < 4.78 is 39.5. The van der Waals surface area contributed by atoms with Crippen LogP contribution in [0.3, 0.4) is 0 Å². The van der Waals surface area contributed by atoms with Gasteiger partial charge in [-0.2, -0.15) is 13.2 Å². The fraction of sp³-hybridized carbons (Fsp3) is 0.250. The zero-order chi connectivity index (χ0) is 27.3. The Morgan fingerprint density at radius 3 is 2.55 bits per heavy atom. The van der Waals surface area contributed by atoms with Crippen molar-refractivity contribution in [3.8, 4) is 0 Å². The van der Waals surface area contributed by atoms with E-state index in [1.165, 1.54) is 11.0 Å². The molecule has 1 unspecified atom stereocenters. The number of benzene rings is 2. The molecule has 6 nitrogen and oxygen atoms in total. The zero-order valence-electron chi connectivity index (χ0n) is 20.7. The van der Waals surface area contributed by atoms with Crippen molar-refractivity contribution in [1.29, 1.82) is 0 Å². The van der Waals surface area contributed by atoms with Crippen molar-refractivity contribution >= 4 is 34.7 Å². The Kier molecular flexibility index (Phi) is 8.31. The number of alkyl halides is 3. The van der Waals surface area contributed by atoms with Crippen molar-refractivity contribution in [3.63, 3.8) is 0 Å². The fourth-order valence-corrected chi connectivity index (χ4v) is 4.93. The van der Waals surface area contributed by atoms with E-state index in [1.54, 1.807) is 18.3 Å². The summed E-state index contributed by atoms with van der Waals surface area (Å²) in [6.45, 7) is 2.05. The van der Waals surface area contributed by atoms with Gasteiger partial charge in [-0.15, -0.1) is 11.3 Å². The summed E-state index contributed by atoms with van der Waals surface area (Å²) in [6, 6.07) is 16.2. The molecule has 4 rings (SSSR count). The number of likely N-dealkylation sites (tertiary alicyclic amines) is 1. The number of amidine groups is 1. The molecule has 0 bridgehead atoms. The molecule has 1 aromatic heterocycles. The number of nitrogens with two attached hydrogens (primary N) is 1. The number of para-hydroxylation sites is 1. The summed E-state index contributed by atoms with van der Waals surface area (Å²) in [7, 11) is 0. The smallest absolute Gasteiger partial charge is 0.402 e. The lowest BCUT2D eigenvalue weighted by atomic mass is 9.94. The van der Waals surface area contributed by atoms with Crippen LogP contribution in [0.15, 0.2) is 88.4 Å². The van der Waals surface area contributed by atoms with Gasteiger partial charge in [-0.3, -0.25) is 14.5 Å². The van der Waals surface area contributed by atoms with Crippen molar-refractivity contribution in [2.24, 2.45) is 10.7 Å². The van der Waals surface area contributed by atoms with E-state index in [4.69, 9.17) is 10.7 Å². The van der Waals surface area contributed by atoms with Crippen LogP contribution in [0.4, 0.5) is 18.9 Å². The molecule has 1 saturated heterocycles. The van der Waals surface area contributed by atoms with Crippen molar-refractivity contribution < 1.29 is 22.8 Å². The number of amides is 2. The molecule has 10 heteroatoms. The third-order valence-electron chi connectivity index (χ3n) is 6.17. The molecule has 1 aliphatic heterocycles. The second-order valence-electron chi connectivity index (χ2n) is 8.75. The summed E-state index contributed by atoms with van der Waals surface area (Å²) in [5.74, 6) is -0.764. The van der Waals surface area contributed by atoms with E-state index in [0.29, 0.717) is 35.6 Å². The number of hydrogen-bond donors (Lipinski definition) is 2. The largest absolute Gasteiger partial charge is 0.416 e.